The lowest BCUT2D eigenvalue weighted by atomic mass is 9.88. The lowest BCUT2D eigenvalue weighted by Crippen LogP contribution is -2.36. The fraction of sp³-hybridized carbons (Fsp3) is 0.417. The van der Waals surface area contributed by atoms with Gasteiger partial charge in [-0.1, -0.05) is 42.5 Å². The van der Waals surface area contributed by atoms with Gasteiger partial charge in [-0.3, -0.25) is 9.69 Å². The minimum atomic E-state index is 0.0196. The largest absolute Gasteiger partial charge is 0.460 e. The maximum atomic E-state index is 12.8. The van der Waals surface area contributed by atoms with E-state index in [9.17, 15) is 4.79 Å². The molecule has 1 aliphatic heterocycles. The maximum absolute atomic E-state index is 12.8. The van der Waals surface area contributed by atoms with Crippen LogP contribution in [0.2, 0.25) is 10.0 Å². The normalized spacial score (nSPS) is 17.6. The molecule has 7 heteroatoms. The number of rotatable bonds is 4. The number of halogens is 2. The fourth-order valence-electron chi connectivity index (χ4n) is 4.69. The number of nitrogens with one attached hydrogen (secondary N) is 1. The molecule has 0 unspecified atom stereocenters. The Kier molecular flexibility index (Phi) is 5.91. The molecule has 3 aromatic rings. The van der Waals surface area contributed by atoms with Gasteiger partial charge in [0.05, 0.1) is 27.8 Å². The molecule has 162 valence electrons. The Labute approximate surface area is 191 Å². The zero-order chi connectivity index (χ0) is 21.4. The second kappa shape index (κ2) is 8.81. The molecular weight excluding hydrogens is 433 g/mol. The van der Waals surface area contributed by atoms with Crippen molar-refractivity contribution in [3.8, 4) is 11.3 Å². The highest BCUT2D eigenvalue weighted by atomic mass is 35.5. The van der Waals surface area contributed by atoms with Gasteiger partial charge in [0.2, 0.25) is 0 Å². The van der Waals surface area contributed by atoms with Crippen molar-refractivity contribution in [2.45, 2.75) is 57.5 Å². The molecule has 1 fully saturated rings. The summed E-state index contributed by atoms with van der Waals surface area (Å²) in [4.78, 5) is 23.0. The molecule has 0 atom stereocenters. The third-order valence-electron chi connectivity index (χ3n) is 6.40. The van der Waals surface area contributed by atoms with E-state index in [-0.39, 0.29) is 5.56 Å². The highest BCUT2D eigenvalue weighted by molar-refractivity contribution is 6.42. The number of furan rings is 1. The van der Waals surface area contributed by atoms with E-state index in [4.69, 9.17) is 32.6 Å². The van der Waals surface area contributed by atoms with Gasteiger partial charge in [0.25, 0.3) is 5.56 Å². The Balaban J connectivity index is 1.29. The summed E-state index contributed by atoms with van der Waals surface area (Å²) in [6, 6.07) is 9.38. The van der Waals surface area contributed by atoms with Crippen molar-refractivity contribution in [2.24, 2.45) is 0 Å². The predicted octanol–water partition coefficient (Wildman–Crippen LogP) is 5.94. The van der Waals surface area contributed by atoms with Gasteiger partial charge in [-0.2, -0.15) is 0 Å². The van der Waals surface area contributed by atoms with E-state index in [1.807, 2.05) is 18.2 Å². The van der Waals surface area contributed by atoms with Gasteiger partial charge in [-0.15, -0.1) is 0 Å². The van der Waals surface area contributed by atoms with Gasteiger partial charge in [-0.05, 0) is 43.2 Å². The van der Waals surface area contributed by atoms with Gasteiger partial charge in [0.1, 0.15) is 17.3 Å². The Morgan fingerprint density at radius 2 is 1.94 bits per heavy atom. The average Bonchev–Trinajstić information content (AvgIpc) is 3.25. The quantitative estimate of drug-likeness (QED) is 0.526. The second-order valence-corrected chi connectivity index (χ2v) is 9.38. The first kappa shape index (κ1) is 20.8. The molecular formula is C24H25Cl2N3O2. The van der Waals surface area contributed by atoms with Crippen LogP contribution in [0.15, 0.2) is 39.5 Å². The van der Waals surface area contributed by atoms with E-state index < -0.39 is 0 Å². The highest BCUT2D eigenvalue weighted by Gasteiger charge is 2.25. The third kappa shape index (κ3) is 4.45. The van der Waals surface area contributed by atoms with Gasteiger partial charge < -0.3 is 9.40 Å². The zero-order valence-corrected chi connectivity index (χ0v) is 18.8. The molecule has 0 spiro atoms. The summed E-state index contributed by atoms with van der Waals surface area (Å²) in [7, 11) is 0. The summed E-state index contributed by atoms with van der Waals surface area (Å²) in [5.41, 5.74) is 2.67. The molecule has 5 nitrogen and oxygen atoms in total. The van der Waals surface area contributed by atoms with Gasteiger partial charge >= 0.3 is 0 Å². The van der Waals surface area contributed by atoms with Crippen molar-refractivity contribution in [3.63, 3.8) is 0 Å². The molecule has 1 aromatic carbocycles. The molecule has 0 amide bonds. The Bertz CT molecular complexity index is 1150. The van der Waals surface area contributed by atoms with E-state index in [1.165, 1.54) is 19.3 Å². The number of aromatic nitrogens is 2. The summed E-state index contributed by atoms with van der Waals surface area (Å²) in [6.07, 6.45) is 6.81. The number of hydrogen-bond donors (Lipinski definition) is 1. The molecule has 2 aromatic heterocycles. The van der Waals surface area contributed by atoms with Crippen LogP contribution in [0.3, 0.4) is 0 Å². The topological polar surface area (TPSA) is 62.1 Å². The first-order valence-electron chi connectivity index (χ1n) is 11.0. The van der Waals surface area contributed by atoms with Crippen molar-refractivity contribution >= 4 is 23.2 Å². The van der Waals surface area contributed by atoms with Gasteiger partial charge in [-0.25, -0.2) is 4.98 Å². The first-order valence-corrected chi connectivity index (χ1v) is 11.7. The molecule has 31 heavy (non-hydrogen) atoms. The molecule has 0 bridgehead atoms. The van der Waals surface area contributed by atoms with E-state index >= 15 is 0 Å². The van der Waals surface area contributed by atoms with E-state index in [0.29, 0.717) is 29.1 Å². The molecule has 1 aliphatic carbocycles. The van der Waals surface area contributed by atoms with Crippen LogP contribution in [-0.4, -0.2) is 21.4 Å². The van der Waals surface area contributed by atoms with Crippen LogP contribution in [0, 0.1) is 0 Å². The molecule has 2 aliphatic rings. The van der Waals surface area contributed by atoms with Crippen LogP contribution >= 0.6 is 23.2 Å². The number of nitrogens with zero attached hydrogens (tertiary/aromatic N) is 2. The van der Waals surface area contributed by atoms with E-state index in [0.717, 1.165) is 60.0 Å². The third-order valence-corrected chi connectivity index (χ3v) is 7.14. The highest BCUT2D eigenvalue weighted by Crippen LogP contribution is 2.32. The smallest absolute Gasteiger partial charge is 0.255 e. The fourth-order valence-corrected chi connectivity index (χ4v) is 4.99. The predicted molar refractivity (Wildman–Crippen MR) is 123 cm³/mol. The van der Waals surface area contributed by atoms with Crippen LogP contribution in [-0.2, 0) is 19.5 Å². The number of H-pyrrole nitrogens is 1. The summed E-state index contributed by atoms with van der Waals surface area (Å²) in [6.45, 7) is 2.09. The molecule has 1 N–H and O–H groups in total. The number of aromatic amines is 1. The van der Waals surface area contributed by atoms with Crippen molar-refractivity contribution in [1.29, 1.82) is 0 Å². The van der Waals surface area contributed by atoms with Gasteiger partial charge in [0, 0.05) is 31.0 Å². The Hall–Kier alpha value is -2.08. The van der Waals surface area contributed by atoms with Crippen LogP contribution in [0.25, 0.3) is 11.3 Å². The minimum absolute atomic E-state index is 0.0196. The monoisotopic (exact) mass is 457 g/mol. The van der Waals surface area contributed by atoms with Gasteiger partial charge in [0.15, 0.2) is 0 Å². The van der Waals surface area contributed by atoms with E-state index in [1.54, 1.807) is 12.1 Å². The summed E-state index contributed by atoms with van der Waals surface area (Å²) < 4.78 is 6.04. The van der Waals surface area contributed by atoms with Crippen LogP contribution < -0.4 is 5.56 Å². The molecule has 5 rings (SSSR count). The molecule has 3 heterocycles. The van der Waals surface area contributed by atoms with Crippen molar-refractivity contribution in [1.82, 2.24) is 14.9 Å². The Morgan fingerprint density at radius 1 is 1.10 bits per heavy atom. The summed E-state index contributed by atoms with van der Waals surface area (Å²) in [5, 5.41) is 1.03. The molecule has 1 saturated carbocycles. The summed E-state index contributed by atoms with van der Waals surface area (Å²) >= 11 is 12.1. The van der Waals surface area contributed by atoms with E-state index in [2.05, 4.69) is 9.88 Å². The lowest BCUT2D eigenvalue weighted by Gasteiger charge is -2.28. The number of hydrogen-bond acceptors (Lipinski definition) is 4. The number of fused-ring (bicyclic) bond motifs is 1. The van der Waals surface area contributed by atoms with Crippen molar-refractivity contribution < 1.29 is 4.42 Å². The Morgan fingerprint density at radius 3 is 2.74 bits per heavy atom. The minimum Gasteiger partial charge on any atom is -0.460 e. The van der Waals surface area contributed by atoms with Crippen molar-refractivity contribution in [2.75, 3.05) is 6.54 Å². The standard InChI is InChI=1S/C24H25Cl2N3O2/c25-19-8-6-16(12-20(19)26)22-9-7-17(31-22)13-29-11-10-21-18(14-29)24(30)28-23(27-21)15-4-2-1-3-5-15/h6-9,12,15H,1-5,10-11,13-14H2,(H,27,28,30). The SMILES string of the molecule is O=c1[nH]c(C2CCCCC2)nc2c1CN(Cc1ccc(-c3ccc(Cl)c(Cl)c3)o1)CC2. The number of benzene rings is 1. The summed E-state index contributed by atoms with van der Waals surface area (Å²) in [5.74, 6) is 2.91. The van der Waals surface area contributed by atoms with Crippen molar-refractivity contribution in [3.05, 3.63) is 73.6 Å². The average molecular weight is 458 g/mol. The van der Waals surface area contributed by atoms with Crippen LogP contribution in [0.5, 0.6) is 0 Å². The zero-order valence-electron chi connectivity index (χ0n) is 17.3. The molecule has 0 saturated heterocycles. The first-order chi connectivity index (χ1) is 15.1. The maximum Gasteiger partial charge on any atom is 0.255 e. The van der Waals surface area contributed by atoms with Crippen LogP contribution in [0.1, 0.15) is 60.9 Å². The second-order valence-electron chi connectivity index (χ2n) is 8.57. The lowest BCUT2D eigenvalue weighted by molar-refractivity contribution is 0.222. The van der Waals surface area contributed by atoms with Crippen LogP contribution in [0.4, 0.5) is 0 Å². The molecule has 0 radical (unpaired) electrons.